The average Bonchev–Trinajstić information content (AvgIpc) is 2.92. The van der Waals surface area contributed by atoms with Crippen molar-refractivity contribution in [2.75, 3.05) is 20.3 Å². The summed E-state index contributed by atoms with van der Waals surface area (Å²) in [6, 6.07) is 10.6. The van der Waals surface area contributed by atoms with Gasteiger partial charge in [0, 0.05) is 29.3 Å². The molecule has 4 rings (SSSR count). The third-order valence-corrected chi connectivity index (χ3v) is 5.64. The topological polar surface area (TPSA) is 47.4 Å². The summed E-state index contributed by atoms with van der Waals surface area (Å²) in [7, 11) is 2.15. The zero-order valence-corrected chi connectivity index (χ0v) is 15.1. The molecule has 2 bridgehead atoms. The van der Waals surface area contributed by atoms with Gasteiger partial charge in [-0.05, 0) is 51.9 Å². The van der Waals surface area contributed by atoms with E-state index in [0.29, 0.717) is 12.1 Å². The molecule has 132 valence electrons. The third kappa shape index (κ3) is 3.02. The number of morpholine rings is 1. The number of aryl methyl sites for hydroxylation is 2. The number of aromatic nitrogens is 2. The molecule has 2 aromatic rings. The summed E-state index contributed by atoms with van der Waals surface area (Å²) < 4.78 is 7.57. The predicted octanol–water partition coefficient (Wildman–Crippen LogP) is 2.78. The van der Waals surface area contributed by atoms with Crippen LogP contribution in [0.4, 0.5) is 0 Å². The van der Waals surface area contributed by atoms with E-state index in [1.165, 1.54) is 0 Å². The standard InChI is InChI=1S/C20H25N3O2/c1-13-7-14(2)23(21-13)17-6-4-5-15(8-17)20(24)16-9-18-11-25-12-19(10-16)22(18)3/h4-8,16,18-19H,9-12H2,1-3H3. The molecule has 2 unspecified atom stereocenters. The molecule has 2 atom stereocenters. The van der Waals surface area contributed by atoms with Crippen LogP contribution in [0.3, 0.4) is 0 Å². The second kappa shape index (κ2) is 6.39. The van der Waals surface area contributed by atoms with Crippen molar-refractivity contribution in [3.05, 3.63) is 47.3 Å². The van der Waals surface area contributed by atoms with Crippen molar-refractivity contribution in [1.82, 2.24) is 14.7 Å². The summed E-state index contributed by atoms with van der Waals surface area (Å²) in [5.74, 6) is 0.346. The lowest BCUT2D eigenvalue weighted by Gasteiger charge is -2.46. The van der Waals surface area contributed by atoms with E-state index in [1.807, 2.05) is 48.9 Å². The molecule has 0 saturated carbocycles. The first-order valence-electron chi connectivity index (χ1n) is 9.00. The maximum atomic E-state index is 13.1. The van der Waals surface area contributed by atoms with Crippen LogP contribution in [0, 0.1) is 19.8 Å². The van der Waals surface area contributed by atoms with Gasteiger partial charge in [-0.2, -0.15) is 5.10 Å². The number of nitrogens with zero attached hydrogens (tertiary/aromatic N) is 3. The third-order valence-electron chi connectivity index (χ3n) is 5.64. The van der Waals surface area contributed by atoms with E-state index in [4.69, 9.17) is 4.74 Å². The molecule has 2 aliphatic rings. The molecule has 1 aromatic carbocycles. The summed E-state index contributed by atoms with van der Waals surface area (Å²) in [4.78, 5) is 15.5. The van der Waals surface area contributed by atoms with Crippen LogP contribution in [-0.2, 0) is 4.74 Å². The molecule has 25 heavy (non-hydrogen) atoms. The van der Waals surface area contributed by atoms with Gasteiger partial charge in [0.15, 0.2) is 5.78 Å². The highest BCUT2D eigenvalue weighted by Crippen LogP contribution is 2.32. The molecular formula is C20H25N3O2. The number of benzene rings is 1. The summed E-state index contributed by atoms with van der Waals surface area (Å²) >= 11 is 0. The lowest BCUT2D eigenvalue weighted by atomic mass is 9.81. The summed E-state index contributed by atoms with van der Waals surface area (Å²) in [5.41, 5.74) is 3.80. The summed E-state index contributed by atoms with van der Waals surface area (Å²) in [6.07, 6.45) is 1.77. The number of piperidine rings is 1. The van der Waals surface area contributed by atoms with Gasteiger partial charge in [-0.25, -0.2) is 4.68 Å². The van der Waals surface area contributed by atoms with E-state index >= 15 is 0 Å². The molecule has 5 heteroatoms. The molecule has 2 fully saturated rings. The van der Waals surface area contributed by atoms with Crippen molar-refractivity contribution in [1.29, 1.82) is 0 Å². The number of fused-ring (bicyclic) bond motifs is 2. The quantitative estimate of drug-likeness (QED) is 0.807. The van der Waals surface area contributed by atoms with Crippen molar-refractivity contribution in [2.24, 2.45) is 5.92 Å². The number of carbonyl (C=O) groups is 1. The fourth-order valence-electron chi connectivity index (χ4n) is 4.23. The number of Topliss-reactive ketones (excluding diaryl/α,β-unsaturated/α-hetero) is 1. The monoisotopic (exact) mass is 339 g/mol. The van der Waals surface area contributed by atoms with E-state index in [2.05, 4.69) is 17.0 Å². The maximum absolute atomic E-state index is 13.1. The van der Waals surface area contributed by atoms with Crippen molar-refractivity contribution in [3.8, 4) is 5.69 Å². The van der Waals surface area contributed by atoms with Crippen molar-refractivity contribution in [2.45, 2.75) is 38.8 Å². The fourth-order valence-corrected chi connectivity index (χ4v) is 4.23. The predicted molar refractivity (Wildman–Crippen MR) is 96.3 cm³/mol. The van der Waals surface area contributed by atoms with E-state index < -0.39 is 0 Å². The molecule has 3 heterocycles. The Bertz CT molecular complexity index is 784. The van der Waals surface area contributed by atoms with E-state index in [1.54, 1.807) is 0 Å². The zero-order valence-electron chi connectivity index (χ0n) is 15.1. The number of carbonyl (C=O) groups excluding carboxylic acids is 1. The average molecular weight is 339 g/mol. The summed E-state index contributed by atoms with van der Waals surface area (Å²) in [6.45, 7) is 5.50. The zero-order chi connectivity index (χ0) is 17.6. The van der Waals surface area contributed by atoms with E-state index in [0.717, 1.165) is 48.7 Å². The van der Waals surface area contributed by atoms with Crippen LogP contribution in [0.2, 0.25) is 0 Å². The number of ether oxygens (including phenoxy) is 1. The Morgan fingerprint density at radius 3 is 2.52 bits per heavy atom. The molecular weight excluding hydrogens is 314 g/mol. The van der Waals surface area contributed by atoms with Crippen molar-refractivity contribution in [3.63, 3.8) is 0 Å². The number of hydrogen-bond donors (Lipinski definition) is 0. The van der Waals surface area contributed by atoms with Gasteiger partial charge in [0.2, 0.25) is 0 Å². The molecule has 2 saturated heterocycles. The van der Waals surface area contributed by atoms with Crippen molar-refractivity contribution < 1.29 is 9.53 Å². The van der Waals surface area contributed by atoms with Crippen LogP contribution in [0.5, 0.6) is 0 Å². The van der Waals surface area contributed by atoms with Gasteiger partial charge < -0.3 is 4.74 Å². The highest BCUT2D eigenvalue weighted by molar-refractivity contribution is 5.98. The van der Waals surface area contributed by atoms with Gasteiger partial charge in [0.25, 0.3) is 0 Å². The largest absolute Gasteiger partial charge is 0.378 e. The number of likely N-dealkylation sites (N-methyl/N-ethyl adjacent to an activating group) is 1. The minimum Gasteiger partial charge on any atom is -0.378 e. The lowest BCUT2D eigenvalue weighted by molar-refractivity contribution is -0.0702. The highest BCUT2D eigenvalue weighted by atomic mass is 16.5. The Kier molecular flexibility index (Phi) is 4.21. The molecule has 0 N–H and O–H groups in total. The first kappa shape index (κ1) is 16.5. The van der Waals surface area contributed by atoms with Crippen LogP contribution < -0.4 is 0 Å². The molecule has 0 radical (unpaired) electrons. The minimum absolute atomic E-state index is 0.0887. The number of hydrogen-bond acceptors (Lipinski definition) is 4. The van der Waals surface area contributed by atoms with Gasteiger partial charge in [0.1, 0.15) is 0 Å². The van der Waals surface area contributed by atoms with Crippen LogP contribution in [0.25, 0.3) is 5.69 Å². The smallest absolute Gasteiger partial charge is 0.166 e. The first-order valence-corrected chi connectivity index (χ1v) is 9.00. The fraction of sp³-hybridized carbons (Fsp3) is 0.500. The summed E-state index contributed by atoms with van der Waals surface area (Å²) in [5, 5.41) is 4.53. The van der Waals surface area contributed by atoms with E-state index in [-0.39, 0.29) is 11.7 Å². The Labute approximate surface area is 148 Å². The van der Waals surface area contributed by atoms with Crippen molar-refractivity contribution >= 4 is 5.78 Å². The second-order valence-electron chi connectivity index (χ2n) is 7.43. The van der Waals surface area contributed by atoms with Crippen LogP contribution >= 0.6 is 0 Å². The van der Waals surface area contributed by atoms with Crippen LogP contribution in [-0.4, -0.2) is 52.8 Å². The SMILES string of the molecule is Cc1cc(C)n(-c2cccc(C(=O)C3CC4COCC(C3)N4C)c2)n1. The van der Waals surface area contributed by atoms with Gasteiger partial charge in [-0.3, -0.25) is 9.69 Å². The van der Waals surface area contributed by atoms with Gasteiger partial charge in [-0.15, -0.1) is 0 Å². The molecule has 0 aliphatic carbocycles. The molecule has 1 aromatic heterocycles. The first-order chi connectivity index (χ1) is 12.0. The Morgan fingerprint density at radius 2 is 1.88 bits per heavy atom. The number of ketones is 1. The molecule has 0 spiro atoms. The Hall–Kier alpha value is -1.98. The molecule has 5 nitrogen and oxygen atoms in total. The Balaban J connectivity index is 1.59. The lowest BCUT2D eigenvalue weighted by Crippen LogP contribution is -2.55. The Morgan fingerprint density at radius 1 is 1.16 bits per heavy atom. The molecule has 2 aliphatic heterocycles. The van der Waals surface area contributed by atoms with Gasteiger partial charge >= 0.3 is 0 Å². The van der Waals surface area contributed by atoms with Gasteiger partial charge in [-0.1, -0.05) is 12.1 Å². The van der Waals surface area contributed by atoms with Crippen LogP contribution in [0.15, 0.2) is 30.3 Å². The molecule has 0 amide bonds. The highest BCUT2D eigenvalue weighted by Gasteiger charge is 2.39. The van der Waals surface area contributed by atoms with Crippen LogP contribution in [0.1, 0.15) is 34.6 Å². The number of rotatable bonds is 3. The maximum Gasteiger partial charge on any atom is 0.166 e. The normalized spacial score (nSPS) is 26.6. The second-order valence-corrected chi connectivity index (χ2v) is 7.43. The minimum atomic E-state index is 0.0887. The van der Waals surface area contributed by atoms with E-state index in [9.17, 15) is 4.79 Å². The van der Waals surface area contributed by atoms with Gasteiger partial charge in [0.05, 0.1) is 24.6 Å².